The summed E-state index contributed by atoms with van der Waals surface area (Å²) in [5.74, 6) is -0.394. The van der Waals surface area contributed by atoms with Crippen LogP contribution in [0.3, 0.4) is 0 Å². The first-order valence-corrected chi connectivity index (χ1v) is 9.44. The van der Waals surface area contributed by atoms with Gasteiger partial charge in [-0.25, -0.2) is 9.37 Å². The highest BCUT2D eigenvalue weighted by atomic mass is 32.1. The van der Waals surface area contributed by atoms with Crippen molar-refractivity contribution in [2.75, 3.05) is 18.0 Å². The molecule has 26 heavy (non-hydrogen) atoms. The molecule has 3 heterocycles. The molecule has 1 amide bonds. The minimum Gasteiger partial charge on any atom is -0.346 e. The molecule has 0 spiro atoms. The van der Waals surface area contributed by atoms with E-state index in [1.54, 1.807) is 16.8 Å². The first kappa shape index (κ1) is 17.0. The number of benzene rings is 1. The Kier molecular flexibility index (Phi) is 4.36. The highest BCUT2D eigenvalue weighted by Crippen LogP contribution is 2.31. The minimum absolute atomic E-state index is 0.0438. The molecule has 0 radical (unpaired) electrons. The lowest BCUT2D eigenvalue weighted by atomic mass is 10.1. The fraction of sp³-hybridized carbons (Fsp3) is 0.389. The van der Waals surface area contributed by atoms with Crippen molar-refractivity contribution >= 4 is 32.6 Å². The lowest BCUT2D eigenvalue weighted by molar-refractivity contribution is 0.0927. The monoisotopic (exact) mass is 373 g/mol. The Hall–Kier alpha value is -2.48. The third-order valence-electron chi connectivity index (χ3n) is 4.71. The third kappa shape index (κ3) is 3.29. The van der Waals surface area contributed by atoms with Crippen LogP contribution in [0.5, 0.6) is 0 Å². The molecule has 2 aromatic heterocycles. The topological polar surface area (TPSA) is 63.1 Å². The molecule has 1 aliphatic rings. The number of nitrogens with zero attached hydrogens (tertiary/aromatic N) is 4. The van der Waals surface area contributed by atoms with Crippen molar-refractivity contribution in [2.24, 2.45) is 7.05 Å². The van der Waals surface area contributed by atoms with Gasteiger partial charge in [-0.1, -0.05) is 11.3 Å². The van der Waals surface area contributed by atoms with E-state index < -0.39 is 0 Å². The molecule has 4 rings (SSSR count). The van der Waals surface area contributed by atoms with Crippen LogP contribution < -0.4 is 10.2 Å². The number of nitrogens with one attached hydrogen (secondary N) is 1. The second-order valence-corrected chi connectivity index (χ2v) is 7.67. The van der Waals surface area contributed by atoms with Crippen LogP contribution >= 0.6 is 11.3 Å². The summed E-state index contributed by atoms with van der Waals surface area (Å²) in [7, 11) is 1.82. The summed E-state index contributed by atoms with van der Waals surface area (Å²) < 4.78 is 15.9. The predicted octanol–water partition coefficient (Wildman–Crippen LogP) is 2.88. The van der Waals surface area contributed by atoms with Crippen LogP contribution in [0.25, 0.3) is 10.2 Å². The fourth-order valence-corrected chi connectivity index (χ4v) is 4.25. The van der Waals surface area contributed by atoms with Crippen LogP contribution in [0.4, 0.5) is 9.52 Å². The largest absolute Gasteiger partial charge is 0.346 e. The van der Waals surface area contributed by atoms with Crippen LogP contribution in [0.15, 0.2) is 24.3 Å². The van der Waals surface area contributed by atoms with Gasteiger partial charge in [0.1, 0.15) is 11.5 Å². The van der Waals surface area contributed by atoms with E-state index in [0.717, 1.165) is 40.4 Å². The molecule has 1 aliphatic heterocycles. The van der Waals surface area contributed by atoms with Gasteiger partial charge in [0.25, 0.3) is 5.91 Å². The summed E-state index contributed by atoms with van der Waals surface area (Å²) in [6.45, 7) is 3.50. The molecule has 1 N–H and O–H groups in total. The Morgan fingerprint density at radius 3 is 3.00 bits per heavy atom. The van der Waals surface area contributed by atoms with Crippen LogP contribution in [0, 0.1) is 12.7 Å². The molecule has 1 aromatic carbocycles. The normalized spacial score (nSPS) is 17.7. The molecule has 8 heteroatoms. The number of fused-ring (bicyclic) bond motifs is 1. The van der Waals surface area contributed by atoms with Crippen molar-refractivity contribution in [3.8, 4) is 0 Å². The molecule has 1 unspecified atom stereocenters. The predicted molar refractivity (Wildman–Crippen MR) is 100 cm³/mol. The maximum Gasteiger partial charge on any atom is 0.272 e. The van der Waals surface area contributed by atoms with Gasteiger partial charge in [-0.2, -0.15) is 5.10 Å². The molecule has 6 nitrogen and oxygen atoms in total. The van der Waals surface area contributed by atoms with Gasteiger partial charge in [-0.05, 0) is 44.0 Å². The molecule has 0 bridgehead atoms. The number of piperidine rings is 1. The van der Waals surface area contributed by atoms with Crippen LogP contribution in [0.1, 0.15) is 29.0 Å². The zero-order valence-electron chi connectivity index (χ0n) is 14.7. The fourth-order valence-electron chi connectivity index (χ4n) is 3.22. The number of hydrogen-bond donors (Lipinski definition) is 1. The molecule has 136 valence electrons. The summed E-state index contributed by atoms with van der Waals surface area (Å²) in [4.78, 5) is 19.2. The lowest BCUT2D eigenvalue weighted by Crippen LogP contribution is -2.47. The zero-order valence-corrected chi connectivity index (χ0v) is 15.5. The second kappa shape index (κ2) is 6.68. The Morgan fingerprint density at radius 1 is 1.38 bits per heavy atom. The molecular formula is C18H20FN5OS. The van der Waals surface area contributed by atoms with Crippen molar-refractivity contribution in [1.29, 1.82) is 0 Å². The average molecular weight is 373 g/mol. The highest BCUT2D eigenvalue weighted by molar-refractivity contribution is 7.22. The van der Waals surface area contributed by atoms with Crippen molar-refractivity contribution in [2.45, 2.75) is 25.8 Å². The number of aromatic nitrogens is 3. The zero-order chi connectivity index (χ0) is 18.3. The van der Waals surface area contributed by atoms with Gasteiger partial charge >= 0.3 is 0 Å². The van der Waals surface area contributed by atoms with Crippen molar-refractivity contribution < 1.29 is 9.18 Å². The molecule has 3 aromatic rings. The van der Waals surface area contributed by atoms with Gasteiger partial charge in [-0.15, -0.1) is 0 Å². The summed E-state index contributed by atoms with van der Waals surface area (Å²) in [5, 5.41) is 8.19. The summed E-state index contributed by atoms with van der Waals surface area (Å²) in [5.41, 5.74) is 2.20. The molecule has 1 fully saturated rings. The lowest BCUT2D eigenvalue weighted by Gasteiger charge is -2.32. The van der Waals surface area contributed by atoms with E-state index >= 15 is 0 Å². The first-order chi connectivity index (χ1) is 12.5. The maximum atomic E-state index is 13.4. The number of halogens is 1. The highest BCUT2D eigenvalue weighted by Gasteiger charge is 2.25. The van der Waals surface area contributed by atoms with E-state index in [0.29, 0.717) is 12.2 Å². The number of anilines is 1. The number of carbonyl (C=O) groups is 1. The summed E-state index contributed by atoms with van der Waals surface area (Å²) >= 11 is 1.49. The van der Waals surface area contributed by atoms with E-state index in [-0.39, 0.29) is 17.8 Å². The van der Waals surface area contributed by atoms with Crippen LogP contribution in [-0.2, 0) is 7.05 Å². The number of thiazole rings is 1. The van der Waals surface area contributed by atoms with Crippen LogP contribution in [-0.4, -0.2) is 39.8 Å². The second-order valence-electron chi connectivity index (χ2n) is 6.66. The van der Waals surface area contributed by atoms with Gasteiger partial charge in [0.2, 0.25) is 0 Å². The maximum absolute atomic E-state index is 13.4. The minimum atomic E-state index is -0.248. The molecule has 1 saturated heterocycles. The average Bonchev–Trinajstić information content (AvgIpc) is 3.18. The van der Waals surface area contributed by atoms with Gasteiger partial charge in [0.15, 0.2) is 5.13 Å². The number of amides is 1. The summed E-state index contributed by atoms with van der Waals surface area (Å²) in [6, 6.07) is 6.49. The molecule has 1 atom stereocenters. The van der Waals surface area contributed by atoms with E-state index in [4.69, 9.17) is 0 Å². The summed E-state index contributed by atoms with van der Waals surface area (Å²) in [6.07, 6.45) is 1.89. The molecule has 0 saturated carbocycles. The van der Waals surface area contributed by atoms with Crippen molar-refractivity contribution in [1.82, 2.24) is 20.1 Å². The quantitative estimate of drug-likeness (QED) is 0.767. The standard InChI is InChI=1S/C18H20FN5OS/c1-11-8-15(22-23(11)2)17(25)20-13-4-3-7-24(10-13)18-21-14-6-5-12(19)9-16(14)26-18/h5-6,8-9,13H,3-4,7,10H2,1-2H3,(H,20,25). The number of rotatable bonds is 3. The van der Waals surface area contributed by atoms with Crippen molar-refractivity contribution in [3.05, 3.63) is 41.5 Å². The van der Waals surface area contributed by atoms with Gasteiger partial charge in [0, 0.05) is 31.9 Å². The Morgan fingerprint density at radius 2 is 2.23 bits per heavy atom. The van der Waals surface area contributed by atoms with E-state index in [2.05, 4.69) is 20.3 Å². The molecule has 0 aliphatic carbocycles. The van der Waals surface area contributed by atoms with E-state index in [1.165, 1.54) is 23.5 Å². The number of carbonyl (C=O) groups excluding carboxylic acids is 1. The van der Waals surface area contributed by atoms with Gasteiger partial charge in [-0.3, -0.25) is 9.48 Å². The first-order valence-electron chi connectivity index (χ1n) is 8.62. The Bertz CT molecular complexity index is 946. The van der Waals surface area contributed by atoms with E-state index in [9.17, 15) is 9.18 Å². The Balaban J connectivity index is 1.47. The molecular weight excluding hydrogens is 353 g/mol. The Labute approximate surface area is 154 Å². The van der Waals surface area contributed by atoms with E-state index in [1.807, 2.05) is 14.0 Å². The van der Waals surface area contributed by atoms with Crippen molar-refractivity contribution in [3.63, 3.8) is 0 Å². The smallest absolute Gasteiger partial charge is 0.272 e. The van der Waals surface area contributed by atoms with Crippen LogP contribution in [0.2, 0.25) is 0 Å². The number of aryl methyl sites for hydroxylation is 2. The van der Waals surface area contributed by atoms with Gasteiger partial charge < -0.3 is 10.2 Å². The number of hydrogen-bond acceptors (Lipinski definition) is 5. The SMILES string of the molecule is Cc1cc(C(=O)NC2CCCN(c3nc4ccc(F)cc4s3)C2)nn1C. The third-order valence-corrected chi connectivity index (χ3v) is 5.79. The van der Waals surface area contributed by atoms with Gasteiger partial charge in [0.05, 0.1) is 10.2 Å².